The SMILES string of the molecule is CN(C(=O)c1nccn1C)C1CCNC1. The molecule has 0 spiro atoms. The van der Waals surface area contributed by atoms with E-state index in [2.05, 4.69) is 10.3 Å². The number of hydrogen-bond donors (Lipinski definition) is 1. The number of aromatic nitrogens is 2. The Morgan fingerprint density at radius 2 is 2.53 bits per heavy atom. The van der Waals surface area contributed by atoms with Gasteiger partial charge in [0.15, 0.2) is 5.82 Å². The zero-order valence-corrected chi connectivity index (χ0v) is 9.10. The topological polar surface area (TPSA) is 50.2 Å². The normalized spacial score (nSPS) is 20.5. The summed E-state index contributed by atoms with van der Waals surface area (Å²) in [6.07, 6.45) is 4.45. The first kappa shape index (κ1) is 10.2. The Hall–Kier alpha value is -1.36. The van der Waals surface area contributed by atoms with Gasteiger partial charge < -0.3 is 14.8 Å². The molecule has 1 saturated heterocycles. The molecule has 5 nitrogen and oxygen atoms in total. The maximum Gasteiger partial charge on any atom is 0.289 e. The fourth-order valence-corrected chi connectivity index (χ4v) is 1.87. The average Bonchev–Trinajstić information content (AvgIpc) is 2.85. The summed E-state index contributed by atoms with van der Waals surface area (Å²) in [5.74, 6) is 0.501. The van der Waals surface area contributed by atoms with Gasteiger partial charge in [0.25, 0.3) is 5.91 Å². The van der Waals surface area contributed by atoms with Crippen molar-refractivity contribution in [2.24, 2.45) is 7.05 Å². The van der Waals surface area contributed by atoms with Crippen molar-refractivity contribution in [3.63, 3.8) is 0 Å². The first-order valence-corrected chi connectivity index (χ1v) is 5.15. The molecule has 1 aliphatic heterocycles. The number of likely N-dealkylation sites (N-methyl/N-ethyl adjacent to an activating group) is 1. The van der Waals surface area contributed by atoms with Gasteiger partial charge in [0.2, 0.25) is 0 Å². The lowest BCUT2D eigenvalue weighted by atomic mass is 10.2. The number of carbonyl (C=O) groups excluding carboxylic acids is 1. The molecule has 5 heteroatoms. The monoisotopic (exact) mass is 208 g/mol. The van der Waals surface area contributed by atoms with Gasteiger partial charge in [-0.25, -0.2) is 4.98 Å². The van der Waals surface area contributed by atoms with Crippen molar-refractivity contribution in [3.05, 3.63) is 18.2 Å². The van der Waals surface area contributed by atoms with E-state index >= 15 is 0 Å². The molecule has 1 aromatic rings. The largest absolute Gasteiger partial charge is 0.335 e. The van der Waals surface area contributed by atoms with E-state index in [4.69, 9.17) is 0 Å². The van der Waals surface area contributed by atoms with Crippen molar-refractivity contribution in [2.75, 3.05) is 20.1 Å². The number of rotatable bonds is 2. The molecule has 0 aliphatic carbocycles. The lowest BCUT2D eigenvalue weighted by molar-refractivity contribution is 0.0728. The summed E-state index contributed by atoms with van der Waals surface area (Å²) in [6.45, 7) is 1.87. The lowest BCUT2D eigenvalue weighted by Gasteiger charge is -2.23. The fraction of sp³-hybridized carbons (Fsp3) is 0.600. The number of aryl methyl sites for hydroxylation is 1. The minimum atomic E-state index is -0.00352. The summed E-state index contributed by atoms with van der Waals surface area (Å²) in [4.78, 5) is 17.9. The molecule has 0 saturated carbocycles. The number of nitrogens with one attached hydrogen (secondary N) is 1. The summed E-state index contributed by atoms with van der Waals surface area (Å²) in [5.41, 5.74) is 0. The van der Waals surface area contributed by atoms with Gasteiger partial charge in [-0.2, -0.15) is 0 Å². The minimum absolute atomic E-state index is 0.00352. The van der Waals surface area contributed by atoms with E-state index in [0.29, 0.717) is 11.9 Å². The Bertz CT molecular complexity index is 354. The van der Waals surface area contributed by atoms with E-state index in [1.165, 1.54) is 0 Å². The zero-order chi connectivity index (χ0) is 10.8. The Labute approximate surface area is 89.1 Å². The molecule has 1 atom stereocenters. The van der Waals surface area contributed by atoms with Crippen LogP contribution in [-0.4, -0.2) is 46.5 Å². The van der Waals surface area contributed by atoms with E-state index in [-0.39, 0.29) is 5.91 Å². The number of imidazole rings is 1. The highest BCUT2D eigenvalue weighted by Crippen LogP contribution is 2.09. The summed E-state index contributed by atoms with van der Waals surface area (Å²) < 4.78 is 1.75. The summed E-state index contributed by atoms with van der Waals surface area (Å²) in [5, 5.41) is 3.25. The molecule has 1 amide bonds. The van der Waals surface area contributed by atoms with Crippen LogP contribution in [0.4, 0.5) is 0 Å². The van der Waals surface area contributed by atoms with Gasteiger partial charge in [-0.3, -0.25) is 4.79 Å². The van der Waals surface area contributed by atoms with Gasteiger partial charge in [0, 0.05) is 39.1 Å². The third-order valence-corrected chi connectivity index (χ3v) is 2.91. The molecule has 82 valence electrons. The molecule has 1 unspecified atom stereocenters. The van der Waals surface area contributed by atoms with Crippen LogP contribution in [0.3, 0.4) is 0 Å². The molecule has 2 heterocycles. The van der Waals surface area contributed by atoms with Crippen molar-refractivity contribution >= 4 is 5.91 Å². The number of nitrogens with zero attached hydrogens (tertiary/aromatic N) is 3. The summed E-state index contributed by atoms with van der Waals surface area (Å²) >= 11 is 0. The maximum atomic E-state index is 12.0. The first-order chi connectivity index (χ1) is 7.20. The fourth-order valence-electron chi connectivity index (χ4n) is 1.87. The van der Waals surface area contributed by atoms with Gasteiger partial charge >= 0.3 is 0 Å². The number of carbonyl (C=O) groups is 1. The van der Waals surface area contributed by atoms with E-state index in [9.17, 15) is 4.79 Å². The molecule has 0 aromatic carbocycles. The highest BCUT2D eigenvalue weighted by molar-refractivity contribution is 5.90. The quantitative estimate of drug-likeness (QED) is 0.735. The highest BCUT2D eigenvalue weighted by atomic mass is 16.2. The van der Waals surface area contributed by atoms with Gasteiger partial charge in [-0.15, -0.1) is 0 Å². The van der Waals surface area contributed by atoms with Gasteiger partial charge in [-0.05, 0) is 13.0 Å². The Kier molecular flexibility index (Phi) is 2.73. The minimum Gasteiger partial charge on any atom is -0.335 e. The number of amides is 1. The highest BCUT2D eigenvalue weighted by Gasteiger charge is 2.25. The molecule has 2 rings (SSSR count). The molecule has 1 N–H and O–H groups in total. The van der Waals surface area contributed by atoms with Crippen LogP contribution in [0.25, 0.3) is 0 Å². The molecule has 1 aromatic heterocycles. The van der Waals surface area contributed by atoms with Gasteiger partial charge in [0.05, 0.1) is 0 Å². The van der Waals surface area contributed by atoms with Crippen LogP contribution in [0.15, 0.2) is 12.4 Å². The lowest BCUT2D eigenvalue weighted by Crippen LogP contribution is -2.39. The van der Waals surface area contributed by atoms with E-state index in [1.54, 1.807) is 21.9 Å². The van der Waals surface area contributed by atoms with Gasteiger partial charge in [0.1, 0.15) is 0 Å². The van der Waals surface area contributed by atoms with Crippen molar-refractivity contribution in [3.8, 4) is 0 Å². The second-order valence-electron chi connectivity index (χ2n) is 3.92. The van der Waals surface area contributed by atoms with Crippen LogP contribution >= 0.6 is 0 Å². The van der Waals surface area contributed by atoms with E-state index in [0.717, 1.165) is 19.5 Å². The Morgan fingerprint density at radius 3 is 3.07 bits per heavy atom. The molecule has 0 bridgehead atoms. The van der Waals surface area contributed by atoms with Crippen molar-refractivity contribution < 1.29 is 4.79 Å². The van der Waals surface area contributed by atoms with Gasteiger partial charge in [-0.1, -0.05) is 0 Å². The van der Waals surface area contributed by atoms with Crippen LogP contribution in [0, 0.1) is 0 Å². The molecule has 15 heavy (non-hydrogen) atoms. The second-order valence-corrected chi connectivity index (χ2v) is 3.92. The molecule has 1 aliphatic rings. The smallest absolute Gasteiger partial charge is 0.289 e. The zero-order valence-electron chi connectivity index (χ0n) is 9.10. The van der Waals surface area contributed by atoms with Crippen molar-refractivity contribution in [2.45, 2.75) is 12.5 Å². The molecule has 1 fully saturated rings. The maximum absolute atomic E-state index is 12.0. The molecular weight excluding hydrogens is 192 g/mol. The Balaban J connectivity index is 2.10. The van der Waals surface area contributed by atoms with Crippen LogP contribution in [0.2, 0.25) is 0 Å². The standard InChI is InChI=1S/C10H16N4O/c1-13-6-5-12-9(13)10(15)14(2)8-3-4-11-7-8/h5-6,8,11H,3-4,7H2,1-2H3. The Morgan fingerprint density at radius 1 is 1.73 bits per heavy atom. The van der Waals surface area contributed by atoms with Crippen molar-refractivity contribution in [1.82, 2.24) is 19.8 Å². The van der Waals surface area contributed by atoms with E-state index < -0.39 is 0 Å². The molecule has 0 radical (unpaired) electrons. The first-order valence-electron chi connectivity index (χ1n) is 5.15. The van der Waals surface area contributed by atoms with Crippen LogP contribution in [-0.2, 0) is 7.05 Å². The molecular formula is C10H16N4O. The third kappa shape index (κ3) is 1.87. The average molecular weight is 208 g/mol. The van der Waals surface area contributed by atoms with E-state index in [1.807, 2.05) is 14.1 Å². The summed E-state index contributed by atoms with van der Waals surface area (Å²) in [7, 11) is 3.68. The third-order valence-electron chi connectivity index (χ3n) is 2.91. The predicted octanol–water partition coefficient (Wildman–Crippen LogP) is -0.146. The van der Waals surface area contributed by atoms with Crippen LogP contribution < -0.4 is 5.32 Å². The predicted molar refractivity (Wildman–Crippen MR) is 56.6 cm³/mol. The number of hydrogen-bond acceptors (Lipinski definition) is 3. The van der Waals surface area contributed by atoms with Crippen LogP contribution in [0.5, 0.6) is 0 Å². The second kappa shape index (κ2) is 4.02. The van der Waals surface area contributed by atoms with Crippen LogP contribution in [0.1, 0.15) is 17.0 Å². The van der Waals surface area contributed by atoms with Crippen molar-refractivity contribution in [1.29, 1.82) is 0 Å². The summed E-state index contributed by atoms with van der Waals surface area (Å²) in [6, 6.07) is 0.300.